The molecule has 0 radical (unpaired) electrons. The molecule has 0 saturated carbocycles. The number of piperidine rings is 1. The average Bonchev–Trinajstić information content (AvgIpc) is 2.66. The lowest BCUT2D eigenvalue weighted by Gasteiger charge is -2.32. The Morgan fingerprint density at radius 1 is 1.33 bits per heavy atom. The molecular formula is C19H21FN4O3. The number of rotatable bonds is 5. The number of carbonyl (C=O) groups is 2. The molecule has 1 fully saturated rings. The van der Waals surface area contributed by atoms with Crippen molar-refractivity contribution in [2.45, 2.75) is 25.7 Å². The summed E-state index contributed by atoms with van der Waals surface area (Å²) in [4.78, 5) is 33.7. The summed E-state index contributed by atoms with van der Waals surface area (Å²) in [6.07, 6.45) is 4.74. The number of aromatic nitrogens is 2. The van der Waals surface area contributed by atoms with E-state index in [-0.39, 0.29) is 24.3 Å². The number of halogens is 1. The highest BCUT2D eigenvalue weighted by Crippen LogP contribution is 2.32. The second-order valence-corrected chi connectivity index (χ2v) is 6.39. The highest BCUT2D eigenvalue weighted by Gasteiger charge is 2.28. The SMILES string of the molecule is CC(=O)NCC(=O)N1CCC[C@@H](c2nccnc2Oc2cccc(F)c2)C1. The summed E-state index contributed by atoms with van der Waals surface area (Å²) in [5, 5.41) is 2.53. The largest absolute Gasteiger partial charge is 0.437 e. The minimum atomic E-state index is -0.398. The number of likely N-dealkylation sites (tertiary alicyclic amines) is 1. The van der Waals surface area contributed by atoms with Crippen LogP contribution in [0.5, 0.6) is 11.6 Å². The molecule has 0 aliphatic carbocycles. The van der Waals surface area contributed by atoms with Gasteiger partial charge in [-0.15, -0.1) is 0 Å². The van der Waals surface area contributed by atoms with E-state index < -0.39 is 5.82 Å². The van der Waals surface area contributed by atoms with Crippen LogP contribution in [0.15, 0.2) is 36.7 Å². The number of nitrogens with one attached hydrogen (secondary N) is 1. The third-order valence-corrected chi connectivity index (χ3v) is 4.35. The Bertz CT molecular complexity index is 830. The van der Waals surface area contributed by atoms with E-state index in [2.05, 4.69) is 15.3 Å². The van der Waals surface area contributed by atoms with E-state index in [4.69, 9.17) is 4.74 Å². The molecule has 27 heavy (non-hydrogen) atoms. The van der Waals surface area contributed by atoms with Crippen LogP contribution in [-0.4, -0.2) is 46.3 Å². The first-order valence-electron chi connectivity index (χ1n) is 8.79. The van der Waals surface area contributed by atoms with Gasteiger partial charge in [0.15, 0.2) is 0 Å². The van der Waals surface area contributed by atoms with Crippen LogP contribution < -0.4 is 10.1 Å². The predicted octanol–water partition coefficient (Wildman–Crippen LogP) is 2.25. The number of carbonyl (C=O) groups excluding carboxylic acids is 2. The molecule has 7 nitrogen and oxygen atoms in total. The van der Waals surface area contributed by atoms with Gasteiger partial charge in [-0.05, 0) is 25.0 Å². The Balaban J connectivity index is 1.74. The van der Waals surface area contributed by atoms with Crippen molar-refractivity contribution >= 4 is 11.8 Å². The van der Waals surface area contributed by atoms with Crippen LogP contribution in [0.4, 0.5) is 4.39 Å². The summed E-state index contributed by atoms with van der Waals surface area (Å²) in [7, 11) is 0. The smallest absolute Gasteiger partial charge is 0.241 e. The molecule has 0 spiro atoms. The van der Waals surface area contributed by atoms with Crippen molar-refractivity contribution in [2.75, 3.05) is 19.6 Å². The van der Waals surface area contributed by atoms with Gasteiger partial charge in [0, 0.05) is 44.4 Å². The number of hydrogen-bond donors (Lipinski definition) is 1. The van der Waals surface area contributed by atoms with Gasteiger partial charge in [0.2, 0.25) is 17.7 Å². The van der Waals surface area contributed by atoms with Crippen LogP contribution in [0.25, 0.3) is 0 Å². The highest BCUT2D eigenvalue weighted by atomic mass is 19.1. The number of hydrogen-bond acceptors (Lipinski definition) is 5. The van der Waals surface area contributed by atoms with E-state index in [9.17, 15) is 14.0 Å². The van der Waals surface area contributed by atoms with Gasteiger partial charge < -0.3 is 15.0 Å². The topological polar surface area (TPSA) is 84.4 Å². The molecule has 1 saturated heterocycles. The van der Waals surface area contributed by atoms with Gasteiger partial charge in [-0.2, -0.15) is 0 Å². The zero-order valence-electron chi connectivity index (χ0n) is 15.0. The minimum absolute atomic E-state index is 0.0187. The molecule has 1 N–H and O–H groups in total. The Hall–Kier alpha value is -3.03. The van der Waals surface area contributed by atoms with Crippen LogP contribution in [0.1, 0.15) is 31.4 Å². The zero-order chi connectivity index (χ0) is 19.2. The lowest BCUT2D eigenvalue weighted by atomic mass is 9.94. The van der Waals surface area contributed by atoms with Gasteiger partial charge in [0.05, 0.1) is 6.54 Å². The molecule has 0 unspecified atom stereocenters. The normalized spacial score (nSPS) is 16.7. The van der Waals surface area contributed by atoms with Crippen LogP contribution in [-0.2, 0) is 9.59 Å². The third kappa shape index (κ3) is 4.99. The zero-order valence-corrected chi connectivity index (χ0v) is 15.0. The van der Waals surface area contributed by atoms with Crippen LogP contribution in [0, 0.1) is 5.82 Å². The second-order valence-electron chi connectivity index (χ2n) is 6.39. The molecule has 0 bridgehead atoms. The molecule has 1 aliphatic heterocycles. The Kier molecular flexibility index (Phi) is 5.95. The van der Waals surface area contributed by atoms with Gasteiger partial charge in [0.1, 0.15) is 17.3 Å². The van der Waals surface area contributed by atoms with E-state index in [1.807, 2.05) is 0 Å². The van der Waals surface area contributed by atoms with Gasteiger partial charge >= 0.3 is 0 Å². The minimum Gasteiger partial charge on any atom is -0.437 e. The Labute approximate surface area is 156 Å². The molecule has 1 aliphatic rings. The van der Waals surface area contributed by atoms with Gasteiger partial charge in [0.25, 0.3) is 0 Å². The molecule has 1 aromatic carbocycles. The van der Waals surface area contributed by atoms with Crippen molar-refractivity contribution in [3.63, 3.8) is 0 Å². The summed E-state index contributed by atoms with van der Waals surface area (Å²) >= 11 is 0. The molecule has 8 heteroatoms. The summed E-state index contributed by atoms with van der Waals surface area (Å²) in [6, 6.07) is 5.82. The maximum absolute atomic E-state index is 13.4. The number of benzene rings is 1. The standard InChI is InChI=1S/C19H21FN4O3/c1-13(25)23-11-17(26)24-9-3-4-14(12-24)18-19(22-8-7-21-18)27-16-6-2-5-15(20)10-16/h2,5-8,10,14H,3-4,9,11-12H2,1H3,(H,23,25)/t14-/m1/s1. The van der Waals surface area contributed by atoms with E-state index in [1.54, 1.807) is 23.2 Å². The van der Waals surface area contributed by atoms with Crippen molar-refractivity contribution in [1.82, 2.24) is 20.2 Å². The van der Waals surface area contributed by atoms with Crippen LogP contribution >= 0.6 is 0 Å². The molecule has 142 valence electrons. The van der Waals surface area contributed by atoms with Crippen molar-refractivity contribution < 1.29 is 18.7 Å². The van der Waals surface area contributed by atoms with Crippen LogP contribution in [0.2, 0.25) is 0 Å². The van der Waals surface area contributed by atoms with Gasteiger partial charge in [-0.1, -0.05) is 6.07 Å². The fourth-order valence-electron chi connectivity index (χ4n) is 3.08. The van der Waals surface area contributed by atoms with E-state index in [1.165, 1.54) is 25.3 Å². The van der Waals surface area contributed by atoms with Crippen molar-refractivity contribution in [1.29, 1.82) is 0 Å². The van der Waals surface area contributed by atoms with E-state index in [0.29, 0.717) is 30.4 Å². The summed E-state index contributed by atoms with van der Waals surface area (Å²) in [5.74, 6) is -0.166. The van der Waals surface area contributed by atoms with E-state index in [0.717, 1.165) is 12.8 Å². The molecule has 2 aromatic rings. The predicted molar refractivity (Wildman–Crippen MR) is 95.7 cm³/mol. The monoisotopic (exact) mass is 372 g/mol. The van der Waals surface area contributed by atoms with Crippen molar-refractivity contribution in [3.05, 3.63) is 48.2 Å². The van der Waals surface area contributed by atoms with E-state index >= 15 is 0 Å². The molecule has 1 atom stereocenters. The summed E-state index contributed by atoms with van der Waals surface area (Å²) in [5.41, 5.74) is 0.638. The first-order valence-corrected chi connectivity index (χ1v) is 8.79. The van der Waals surface area contributed by atoms with Crippen molar-refractivity contribution in [3.8, 4) is 11.6 Å². The molecule has 1 aromatic heterocycles. The molecular weight excluding hydrogens is 351 g/mol. The third-order valence-electron chi connectivity index (χ3n) is 4.35. The maximum atomic E-state index is 13.4. The Morgan fingerprint density at radius 3 is 2.93 bits per heavy atom. The van der Waals surface area contributed by atoms with Crippen LogP contribution in [0.3, 0.4) is 0 Å². The lowest BCUT2D eigenvalue weighted by molar-refractivity contribution is -0.133. The number of ether oxygens (including phenoxy) is 1. The van der Waals surface area contributed by atoms with Gasteiger partial charge in [-0.3, -0.25) is 14.6 Å². The molecule has 3 rings (SSSR count). The maximum Gasteiger partial charge on any atom is 0.241 e. The van der Waals surface area contributed by atoms with Gasteiger partial charge in [-0.25, -0.2) is 9.37 Å². The Morgan fingerprint density at radius 2 is 2.15 bits per heavy atom. The number of nitrogens with zero attached hydrogens (tertiary/aromatic N) is 3. The van der Waals surface area contributed by atoms with Crippen molar-refractivity contribution in [2.24, 2.45) is 0 Å². The lowest BCUT2D eigenvalue weighted by Crippen LogP contribution is -2.44. The fourth-order valence-corrected chi connectivity index (χ4v) is 3.08. The number of amides is 2. The summed E-state index contributed by atoms with van der Waals surface area (Å²) in [6.45, 7) is 2.46. The summed E-state index contributed by atoms with van der Waals surface area (Å²) < 4.78 is 19.1. The first kappa shape index (κ1) is 18.8. The fraction of sp³-hybridized carbons (Fsp3) is 0.368. The quantitative estimate of drug-likeness (QED) is 0.870. The second kappa shape index (κ2) is 8.57. The average molecular weight is 372 g/mol. The molecule has 2 heterocycles. The highest BCUT2D eigenvalue weighted by molar-refractivity contribution is 5.83. The molecule has 2 amide bonds. The first-order chi connectivity index (χ1) is 13.0.